The average Bonchev–Trinajstić information content (AvgIpc) is 2.91. The molecule has 1 atom stereocenters. The highest BCUT2D eigenvalue weighted by Crippen LogP contribution is 2.36. The summed E-state index contributed by atoms with van der Waals surface area (Å²) in [6.45, 7) is 3.73. The minimum absolute atomic E-state index is 0.172. The summed E-state index contributed by atoms with van der Waals surface area (Å²) < 4.78 is 0. The molecule has 2 heterocycles. The predicted molar refractivity (Wildman–Crippen MR) is 91.2 cm³/mol. The molecule has 0 bridgehead atoms. The van der Waals surface area contributed by atoms with Gasteiger partial charge in [0.15, 0.2) is 0 Å². The summed E-state index contributed by atoms with van der Waals surface area (Å²) >= 11 is 3.80. The number of nitrogens with zero attached hydrogens (tertiary/aromatic N) is 1. The van der Waals surface area contributed by atoms with Gasteiger partial charge in [-0.2, -0.15) is 11.8 Å². The maximum atomic E-state index is 12.6. The fraction of sp³-hybridized carbons (Fsp3) is 0.353. The van der Waals surface area contributed by atoms with Crippen LogP contribution in [-0.2, 0) is 0 Å². The number of rotatable bonds is 2. The largest absolute Gasteiger partial charge is 0.338 e. The fourth-order valence-electron chi connectivity index (χ4n) is 2.64. The monoisotopic (exact) mass is 317 g/mol. The molecule has 1 saturated heterocycles. The standard InChI is InChI=1S/C17H19NOS2/c1-13-4-2-5-14(12-13)17(19)18-8-7-16(21-11-9-18)15-6-3-10-20-15/h2-6,10,12,16H,7-9,11H2,1H3. The second-order valence-electron chi connectivity index (χ2n) is 5.33. The maximum absolute atomic E-state index is 12.6. The molecule has 1 unspecified atom stereocenters. The van der Waals surface area contributed by atoms with Crippen molar-refractivity contribution in [3.8, 4) is 0 Å². The zero-order valence-electron chi connectivity index (χ0n) is 12.1. The van der Waals surface area contributed by atoms with E-state index in [1.54, 1.807) is 0 Å². The van der Waals surface area contributed by atoms with Gasteiger partial charge < -0.3 is 4.90 Å². The van der Waals surface area contributed by atoms with Crippen molar-refractivity contribution in [1.29, 1.82) is 0 Å². The van der Waals surface area contributed by atoms with Gasteiger partial charge in [0.2, 0.25) is 0 Å². The van der Waals surface area contributed by atoms with Crippen LogP contribution in [0.4, 0.5) is 0 Å². The van der Waals surface area contributed by atoms with Gasteiger partial charge in [-0.1, -0.05) is 23.8 Å². The molecule has 2 aromatic rings. The first-order chi connectivity index (χ1) is 10.2. The van der Waals surface area contributed by atoms with Crippen LogP contribution in [-0.4, -0.2) is 29.6 Å². The number of thioether (sulfide) groups is 1. The third-order valence-corrected chi connectivity index (χ3v) is 6.20. The van der Waals surface area contributed by atoms with Crippen molar-refractivity contribution in [3.63, 3.8) is 0 Å². The summed E-state index contributed by atoms with van der Waals surface area (Å²) in [7, 11) is 0. The van der Waals surface area contributed by atoms with Crippen LogP contribution in [0, 0.1) is 6.92 Å². The van der Waals surface area contributed by atoms with Crippen LogP contribution in [0.5, 0.6) is 0 Å². The van der Waals surface area contributed by atoms with Crippen LogP contribution in [0.1, 0.15) is 32.5 Å². The van der Waals surface area contributed by atoms with Crippen LogP contribution < -0.4 is 0 Å². The smallest absolute Gasteiger partial charge is 0.253 e. The van der Waals surface area contributed by atoms with Crippen molar-refractivity contribution >= 4 is 29.0 Å². The molecule has 0 saturated carbocycles. The SMILES string of the molecule is Cc1cccc(C(=O)N2CCSC(c3cccs3)CC2)c1. The lowest BCUT2D eigenvalue weighted by Crippen LogP contribution is -2.32. The quantitative estimate of drug-likeness (QED) is 0.819. The molecule has 1 aromatic carbocycles. The molecule has 1 aromatic heterocycles. The molecule has 1 fully saturated rings. The van der Waals surface area contributed by atoms with Gasteiger partial charge in [-0.15, -0.1) is 11.3 Å². The summed E-state index contributed by atoms with van der Waals surface area (Å²) in [6, 6.07) is 12.2. The number of hydrogen-bond donors (Lipinski definition) is 0. The van der Waals surface area contributed by atoms with Gasteiger partial charge in [0.1, 0.15) is 0 Å². The van der Waals surface area contributed by atoms with Crippen LogP contribution in [0.15, 0.2) is 41.8 Å². The predicted octanol–water partition coefficient (Wildman–Crippen LogP) is 4.38. The summed E-state index contributed by atoms with van der Waals surface area (Å²) in [6.07, 6.45) is 1.04. The van der Waals surface area contributed by atoms with Crippen molar-refractivity contribution in [1.82, 2.24) is 4.90 Å². The number of thiophene rings is 1. The van der Waals surface area contributed by atoms with Crippen molar-refractivity contribution in [2.75, 3.05) is 18.8 Å². The van der Waals surface area contributed by atoms with Crippen LogP contribution >= 0.6 is 23.1 Å². The average molecular weight is 317 g/mol. The van der Waals surface area contributed by atoms with E-state index in [-0.39, 0.29) is 5.91 Å². The van der Waals surface area contributed by atoms with Gasteiger partial charge in [-0.05, 0) is 36.9 Å². The van der Waals surface area contributed by atoms with Gasteiger partial charge in [0.25, 0.3) is 5.91 Å². The number of amides is 1. The van der Waals surface area contributed by atoms with E-state index in [1.165, 1.54) is 4.88 Å². The Balaban J connectivity index is 1.69. The minimum Gasteiger partial charge on any atom is -0.338 e. The Labute approximate surface area is 134 Å². The highest BCUT2D eigenvalue weighted by Gasteiger charge is 2.23. The first-order valence-electron chi connectivity index (χ1n) is 7.25. The zero-order chi connectivity index (χ0) is 14.7. The van der Waals surface area contributed by atoms with E-state index in [1.807, 2.05) is 59.2 Å². The van der Waals surface area contributed by atoms with Crippen molar-refractivity contribution in [3.05, 3.63) is 57.8 Å². The molecular weight excluding hydrogens is 298 g/mol. The Morgan fingerprint density at radius 3 is 2.90 bits per heavy atom. The topological polar surface area (TPSA) is 20.3 Å². The second kappa shape index (κ2) is 6.67. The maximum Gasteiger partial charge on any atom is 0.253 e. The lowest BCUT2D eigenvalue weighted by Gasteiger charge is -2.20. The van der Waals surface area contributed by atoms with E-state index < -0.39 is 0 Å². The molecule has 4 heteroatoms. The molecule has 1 aliphatic heterocycles. The summed E-state index contributed by atoms with van der Waals surface area (Å²) in [5.74, 6) is 1.19. The van der Waals surface area contributed by atoms with Gasteiger partial charge in [-0.3, -0.25) is 4.79 Å². The van der Waals surface area contributed by atoms with Gasteiger partial charge in [-0.25, -0.2) is 0 Å². The summed E-state index contributed by atoms with van der Waals surface area (Å²) in [5.41, 5.74) is 1.95. The van der Waals surface area contributed by atoms with E-state index in [9.17, 15) is 4.79 Å². The Hall–Kier alpha value is -1.26. The van der Waals surface area contributed by atoms with Gasteiger partial charge in [0.05, 0.1) is 0 Å². The molecule has 2 nitrogen and oxygen atoms in total. The first-order valence-corrected chi connectivity index (χ1v) is 9.18. The number of benzene rings is 1. The van der Waals surface area contributed by atoms with Gasteiger partial charge in [0, 0.05) is 34.5 Å². The van der Waals surface area contributed by atoms with E-state index in [0.717, 1.165) is 36.4 Å². The third-order valence-electron chi connectivity index (χ3n) is 3.75. The highest BCUT2D eigenvalue weighted by atomic mass is 32.2. The van der Waals surface area contributed by atoms with Crippen molar-refractivity contribution < 1.29 is 4.79 Å². The second-order valence-corrected chi connectivity index (χ2v) is 7.62. The zero-order valence-corrected chi connectivity index (χ0v) is 13.8. The molecule has 110 valence electrons. The Morgan fingerprint density at radius 2 is 2.14 bits per heavy atom. The molecule has 0 radical (unpaired) electrons. The third kappa shape index (κ3) is 3.50. The van der Waals surface area contributed by atoms with E-state index >= 15 is 0 Å². The minimum atomic E-state index is 0.172. The molecular formula is C17H19NOS2. The van der Waals surface area contributed by atoms with Crippen LogP contribution in [0.25, 0.3) is 0 Å². The van der Waals surface area contributed by atoms with Crippen LogP contribution in [0.2, 0.25) is 0 Å². The Morgan fingerprint density at radius 1 is 1.24 bits per heavy atom. The number of carbonyl (C=O) groups is 1. The van der Waals surface area contributed by atoms with E-state index in [0.29, 0.717) is 5.25 Å². The normalized spacial score (nSPS) is 19.3. The molecule has 1 amide bonds. The molecule has 21 heavy (non-hydrogen) atoms. The van der Waals surface area contributed by atoms with E-state index in [4.69, 9.17) is 0 Å². The van der Waals surface area contributed by atoms with Gasteiger partial charge >= 0.3 is 0 Å². The number of hydrogen-bond acceptors (Lipinski definition) is 3. The lowest BCUT2D eigenvalue weighted by molar-refractivity contribution is 0.0766. The van der Waals surface area contributed by atoms with Crippen molar-refractivity contribution in [2.24, 2.45) is 0 Å². The first kappa shape index (κ1) is 14.7. The Kier molecular flexibility index (Phi) is 4.66. The summed E-state index contributed by atoms with van der Waals surface area (Å²) in [5, 5.41) is 2.68. The Bertz CT molecular complexity index is 609. The molecule has 0 spiro atoms. The lowest BCUT2D eigenvalue weighted by atomic mass is 10.1. The molecule has 1 aliphatic rings. The number of carbonyl (C=O) groups excluding carboxylic acids is 1. The number of aryl methyl sites for hydroxylation is 1. The van der Waals surface area contributed by atoms with Crippen LogP contribution in [0.3, 0.4) is 0 Å². The fourth-order valence-corrected chi connectivity index (χ4v) is 4.87. The molecule has 3 rings (SSSR count). The van der Waals surface area contributed by atoms with E-state index in [2.05, 4.69) is 17.5 Å². The molecule has 0 aliphatic carbocycles. The highest BCUT2D eigenvalue weighted by molar-refractivity contribution is 7.99. The van der Waals surface area contributed by atoms with Crippen molar-refractivity contribution in [2.45, 2.75) is 18.6 Å². The summed E-state index contributed by atoms with van der Waals surface area (Å²) in [4.78, 5) is 16.1. The molecule has 0 N–H and O–H groups in total.